The summed E-state index contributed by atoms with van der Waals surface area (Å²) in [5.41, 5.74) is 0.253. The van der Waals surface area contributed by atoms with E-state index >= 15 is 0 Å². The molecule has 2 saturated carbocycles. The van der Waals surface area contributed by atoms with E-state index in [1.54, 1.807) is 12.1 Å². The van der Waals surface area contributed by atoms with Gasteiger partial charge in [-0.2, -0.15) is 0 Å². The summed E-state index contributed by atoms with van der Waals surface area (Å²) in [5, 5.41) is 12.7. The molecule has 2 aliphatic carbocycles. The van der Waals surface area contributed by atoms with E-state index < -0.39 is 5.97 Å². The highest BCUT2D eigenvalue weighted by Crippen LogP contribution is 2.31. The lowest BCUT2D eigenvalue weighted by Crippen LogP contribution is -2.49. The van der Waals surface area contributed by atoms with Gasteiger partial charge in [-0.25, -0.2) is 9.78 Å². The number of nitrogens with one attached hydrogen (secondary N) is 1. The molecule has 0 radical (unpaired) electrons. The van der Waals surface area contributed by atoms with Crippen LogP contribution in [0.3, 0.4) is 0 Å². The van der Waals surface area contributed by atoms with Gasteiger partial charge >= 0.3 is 5.97 Å². The number of hydrogen-bond donors (Lipinski definition) is 2. The van der Waals surface area contributed by atoms with E-state index in [1.165, 1.54) is 6.42 Å². The Bertz CT molecular complexity index is 677. The van der Waals surface area contributed by atoms with Crippen LogP contribution in [-0.2, 0) is 4.79 Å². The lowest BCUT2D eigenvalue weighted by Gasteiger charge is -2.36. The topological polar surface area (TPSA) is 85.8 Å². The third kappa shape index (κ3) is 3.55. The van der Waals surface area contributed by atoms with Crippen LogP contribution in [0.25, 0.3) is 0 Å². The van der Waals surface area contributed by atoms with Crippen molar-refractivity contribution in [2.75, 3.05) is 36.4 Å². The fourth-order valence-electron chi connectivity index (χ4n) is 3.38. The molecule has 0 aromatic carbocycles. The number of aromatic carboxylic acids is 1. The van der Waals surface area contributed by atoms with Crippen LogP contribution in [0, 0.1) is 5.92 Å². The maximum Gasteiger partial charge on any atom is 0.335 e. The van der Waals surface area contributed by atoms with Crippen molar-refractivity contribution in [2.24, 2.45) is 5.92 Å². The summed E-state index contributed by atoms with van der Waals surface area (Å²) in [6.45, 7) is 2.74. The second kappa shape index (κ2) is 6.54. The second-order valence-corrected chi connectivity index (χ2v) is 7.26. The van der Waals surface area contributed by atoms with Crippen LogP contribution in [0.2, 0.25) is 0 Å². The quantitative estimate of drug-likeness (QED) is 0.847. The van der Waals surface area contributed by atoms with E-state index in [2.05, 4.69) is 15.2 Å². The van der Waals surface area contributed by atoms with E-state index in [0.29, 0.717) is 43.9 Å². The molecular formula is C18H24N4O3. The van der Waals surface area contributed by atoms with Crippen molar-refractivity contribution < 1.29 is 14.7 Å². The number of carbonyl (C=O) groups is 2. The minimum atomic E-state index is -0.942. The Labute approximate surface area is 147 Å². The molecule has 0 bridgehead atoms. The summed E-state index contributed by atoms with van der Waals surface area (Å²) in [5.74, 6) is 0.900. The SMILES string of the molecule is O=C(O)c1cc(NC2CCC2)nc(N2CCN(C(=O)C3CC3)CC2)c1. The van der Waals surface area contributed by atoms with E-state index in [9.17, 15) is 14.7 Å². The van der Waals surface area contributed by atoms with E-state index in [-0.39, 0.29) is 17.4 Å². The number of piperazine rings is 1. The number of rotatable bonds is 5. The molecule has 0 unspecified atom stereocenters. The Balaban J connectivity index is 1.46. The van der Waals surface area contributed by atoms with Crippen LogP contribution < -0.4 is 10.2 Å². The molecule has 1 saturated heterocycles. The number of aromatic nitrogens is 1. The van der Waals surface area contributed by atoms with Crippen molar-refractivity contribution in [1.29, 1.82) is 0 Å². The van der Waals surface area contributed by atoms with E-state index in [0.717, 1.165) is 25.7 Å². The van der Waals surface area contributed by atoms with Gasteiger partial charge in [0.1, 0.15) is 11.6 Å². The summed E-state index contributed by atoms with van der Waals surface area (Å²) in [7, 11) is 0. The predicted molar refractivity (Wildman–Crippen MR) is 94.0 cm³/mol. The Hall–Kier alpha value is -2.31. The van der Waals surface area contributed by atoms with Gasteiger partial charge in [0.2, 0.25) is 5.91 Å². The van der Waals surface area contributed by atoms with Crippen molar-refractivity contribution >= 4 is 23.5 Å². The molecule has 1 aliphatic heterocycles. The highest BCUT2D eigenvalue weighted by molar-refractivity contribution is 5.89. The molecule has 134 valence electrons. The molecule has 3 fully saturated rings. The second-order valence-electron chi connectivity index (χ2n) is 7.26. The number of carbonyl (C=O) groups excluding carboxylic acids is 1. The number of nitrogens with zero attached hydrogens (tertiary/aromatic N) is 3. The summed E-state index contributed by atoms with van der Waals surface area (Å²) < 4.78 is 0. The third-order valence-electron chi connectivity index (χ3n) is 5.36. The average molecular weight is 344 g/mol. The fourth-order valence-corrected chi connectivity index (χ4v) is 3.38. The van der Waals surface area contributed by atoms with Crippen LogP contribution >= 0.6 is 0 Å². The molecule has 1 amide bonds. The average Bonchev–Trinajstić information content (AvgIpc) is 3.42. The third-order valence-corrected chi connectivity index (χ3v) is 5.36. The molecule has 7 heteroatoms. The Morgan fingerprint density at radius 2 is 1.80 bits per heavy atom. The molecule has 1 aromatic heterocycles. The normalized spacial score (nSPS) is 21.0. The first-order valence-corrected chi connectivity index (χ1v) is 9.16. The van der Waals surface area contributed by atoms with E-state index in [4.69, 9.17) is 0 Å². The lowest BCUT2D eigenvalue weighted by molar-refractivity contribution is -0.132. The van der Waals surface area contributed by atoms with Crippen molar-refractivity contribution in [3.8, 4) is 0 Å². The van der Waals surface area contributed by atoms with Crippen molar-refractivity contribution in [3.63, 3.8) is 0 Å². The molecule has 2 heterocycles. The van der Waals surface area contributed by atoms with Gasteiger partial charge in [-0.05, 0) is 44.2 Å². The molecule has 3 aliphatic rings. The number of anilines is 2. The lowest BCUT2D eigenvalue weighted by atomic mass is 9.93. The van der Waals surface area contributed by atoms with Gasteiger partial charge in [-0.1, -0.05) is 0 Å². The van der Waals surface area contributed by atoms with Crippen LogP contribution in [0.5, 0.6) is 0 Å². The zero-order valence-electron chi connectivity index (χ0n) is 14.3. The van der Waals surface area contributed by atoms with Crippen molar-refractivity contribution in [2.45, 2.75) is 38.1 Å². The number of pyridine rings is 1. The smallest absolute Gasteiger partial charge is 0.335 e. The molecular weight excluding hydrogens is 320 g/mol. The van der Waals surface area contributed by atoms with Crippen molar-refractivity contribution in [1.82, 2.24) is 9.88 Å². The first-order valence-electron chi connectivity index (χ1n) is 9.16. The van der Waals surface area contributed by atoms with Gasteiger partial charge in [-0.3, -0.25) is 4.79 Å². The number of carboxylic acid groups (broad SMARTS) is 1. The maximum atomic E-state index is 12.2. The number of amides is 1. The van der Waals surface area contributed by atoms with Crippen LogP contribution in [0.15, 0.2) is 12.1 Å². The maximum absolute atomic E-state index is 12.2. The molecule has 0 atom stereocenters. The molecule has 25 heavy (non-hydrogen) atoms. The molecule has 2 N–H and O–H groups in total. The molecule has 0 spiro atoms. The molecule has 4 rings (SSSR count). The van der Waals surface area contributed by atoms with E-state index in [1.807, 2.05) is 4.90 Å². The van der Waals surface area contributed by atoms with Crippen LogP contribution in [-0.4, -0.2) is 59.1 Å². The van der Waals surface area contributed by atoms with Gasteiger partial charge in [0.15, 0.2) is 0 Å². The fraction of sp³-hybridized carbons (Fsp3) is 0.611. The largest absolute Gasteiger partial charge is 0.478 e. The Morgan fingerprint density at radius 1 is 1.08 bits per heavy atom. The summed E-state index contributed by atoms with van der Waals surface area (Å²) in [4.78, 5) is 32.3. The van der Waals surface area contributed by atoms with Crippen LogP contribution in [0.1, 0.15) is 42.5 Å². The zero-order chi connectivity index (χ0) is 17.4. The zero-order valence-corrected chi connectivity index (χ0v) is 14.3. The van der Waals surface area contributed by atoms with Crippen LogP contribution in [0.4, 0.5) is 11.6 Å². The van der Waals surface area contributed by atoms with Gasteiger partial charge in [0.25, 0.3) is 0 Å². The first kappa shape index (κ1) is 16.2. The summed E-state index contributed by atoms with van der Waals surface area (Å²) >= 11 is 0. The highest BCUT2D eigenvalue weighted by Gasteiger charge is 2.34. The van der Waals surface area contributed by atoms with Gasteiger partial charge < -0.3 is 20.2 Å². The first-order chi connectivity index (χ1) is 12.1. The van der Waals surface area contributed by atoms with Gasteiger partial charge in [0, 0.05) is 38.1 Å². The standard InChI is InChI=1S/C18H24N4O3/c23-17(12-4-5-12)22-8-6-21(7-9-22)16-11-13(18(24)25)10-15(20-16)19-14-2-1-3-14/h10-12,14H,1-9H2,(H,19,20)(H,24,25). The van der Waals surface area contributed by atoms with Gasteiger partial charge in [-0.15, -0.1) is 0 Å². The minimum Gasteiger partial charge on any atom is -0.478 e. The summed E-state index contributed by atoms with van der Waals surface area (Å²) in [6.07, 6.45) is 5.47. The molecule has 7 nitrogen and oxygen atoms in total. The predicted octanol–water partition coefficient (Wildman–Crippen LogP) is 1.80. The number of carboxylic acids is 1. The Morgan fingerprint density at radius 3 is 2.36 bits per heavy atom. The highest BCUT2D eigenvalue weighted by atomic mass is 16.4. The Kier molecular flexibility index (Phi) is 4.23. The summed E-state index contributed by atoms with van der Waals surface area (Å²) in [6, 6.07) is 3.64. The minimum absolute atomic E-state index is 0.248. The molecule has 1 aromatic rings. The number of hydrogen-bond acceptors (Lipinski definition) is 5. The van der Waals surface area contributed by atoms with Gasteiger partial charge in [0.05, 0.1) is 5.56 Å². The monoisotopic (exact) mass is 344 g/mol. The van der Waals surface area contributed by atoms with Crippen molar-refractivity contribution in [3.05, 3.63) is 17.7 Å².